The topological polar surface area (TPSA) is 43.4 Å². The molecule has 0 spiro atoms. The van der Waals surface area contributed by atoms with Gasteiger partial charge in [0.05, 0.1) is 14.2 Å². The van der Waals surface area contributed by atoms with Crippen LogP contribution in [0.5, 0.6) is 11.6 Å². The first kappa shape index (κ1) is 15.3. The van der Waals surface area contributed by atoms with E-state index in [1.165, 1.54) is 0 Å². The molecule has 0 unspecified atom stereocenters. The Balaban J connectivity index is 2.24. The Hall–Kier alpha value is -2.07. The molecule has 0 aliphatic heterocycles. The van der Waals surface area contributed by atoms with E-state index in [1.54, 1.807) is 14.2 Å². The lowest BCUT2D eigenvalue weighted by atomic mass is 10.0. The van der Waals surface area contributed by atoms with Crippen LogP contribution in [0.15, 0.2) is 36.5 Å². The van der Waals surface area contributed by atoms with Crippen molar-refractivity contribution in [3.8, 4) is 22.8 Å². The van der Waals surface area contributed by atoms with Gasteiger partial charge in [-0.2, -0.15) is 0 Å². The number of nitrogens with zero attached hydrogens (tertiary/aromatic N) is 1. The Morgan fingerprint density at radius 3 is 2.48 bits per heavy atom. The van der Waals surface area contributed by atoms with E-state index in [4.69, 9.17) is 9.47 Å². The molecule has 0 amide bonds. The van der Waals surface area contributed by atoms with E-state index >= 15 is 0 Å². The molecule has 0 aliphatic carbocycles. The second-order valence-corrected chi connectivity index (χ2v) is 4.79. The highest BCUT2D eigenvalue weighted by molar-refractivity contribution is 5.65. The number of pyridine rings is 1. The van der Waals surface area contributed by atoms with Crippen LogP contribution in [0.2, 0.25) is 0 Å². The van der Waals surface area contributed by atoms with E-state index in [-0.39, 0.29) is 0 Å². The fourth-order valence-corrected chi connectivity index (χ4v) is 2.17. The van der Waals surface area contributed by atoms with Gasteiger partial charge in [0.25, 0.3) is 0 Å². The number of rotatable bonds is 7. The molecule has 0 bridgehead atoms. The van der Waals surface area contributed by atoms with Crippen LogP contribution in [0, 0.1) is 0 Å². The molecule has 1 aromatic carbocycles. The summed E-state index contributed by atoms with van der Waals surface area (Å²) in [5.41, 5.74) is 3.34. The Kier molecular flexibility index (Phi) is 5.58. The van der Waals surface area contributed by atoms with Gasteiger partial charge in [-0.25, -0.2) is 4.98 Å². The van der Waals surface area contributed by atoms with Gasteiger partial charge in [0.1, 0.15) is 5.75 Å². The summed E-state index contributed by atoms with van der Waals surface area (Å²) in [6.07, 6.45) is 2.94. The first-order valence-corrected chi connectivity index (χ1v) is 7.16. The van der Waals surface area contributed by atoms with Crippen molar-refractivity contribution in [2.75, 3.05) is 20.8 Å². The molecular formula is C17H22N2O2. The highest BCUT2D eigenvalue weighted by atomic mass is 16.5. The number of ether oxygens (including phenoxy) is 2. The highest BCUT2D eigenvalue weighted by Gasteiger charge is 2.06. The van der Waals surface area contributed by atoms with Gasteiger partial charge in [-0.1, -0.05) is 13.0 Å². The van der Waals surface area contributed by atoms with Crippen molar-refractivity contribution in [2.45, 2.75) is 19.9 Å². The maximum atomic E-state index is 5.43. The molecule has 1 heterocycles. The minimum atomic E-state index is 0.622. The van der Waals surface area contributed by atoms with Crippen LogP contribution in [0.4, 0.5) is 0 Å². The summed E-state index contributed by atoms with van der Waals surface area (Å²) in [6.45, 7) is 3.95. The standard InChI is InChI=1S/C17H22N2O2/c1-4-9-18-11-15-10-13(5-7-16(15)20-2)14-6-8-17(21-3)19-12-14/h5-8,10,12,18H,4,9,11H2,1-3H3. The van der Waals surface area contributed by atoms with Gasteiger partial charge in [0.2, 0.25) is 5.88 Å². The third-order valence-electron chi connectivity index (χ3n) is 3.30. The van der Waals surface area contributed by atoms with Crippen LogP contribution in [0.3, 0.4) is 0 Å². The van der Waals surface area contributed by atoms with Gasteiger partial charge in [0, 0.05) is 29.9 Å². The summed E-state index contributed by atoms with van der Waals surface area (Å²) in [4.78, 5) is 4.25. The molecule has 21 heavy (non-hydrogen) atoms. The second-order valence-electron chi connectivity index (χ2n) is 4.79. The minimum absolute atomic E-state index is 0.622. The second kappa shape index (κ2) is 7.64. The Morgan fingerprint density at radius 1 is 1.05 bits per heavy atom. The zero-order valence-electron chi connectivity index (χ0n) is 12.8. The van der Waals surface area contributed by atoms with Crippen LogP contribution in [-0.4, -0.2) is 25.7 Å². The number of aromatic nitrogens is 1. The first-order valence-electron chi connectivity index (χ1n) is 7.16. The maximum Gasteiger partial charge on any atom is 0.212 e. The van der Waals surface area contributed by atoms with Crippen molar-refractivity contribution >= 4 is 0 Å². The van der Waals surface area contributed by atoms with E-state index in [9.17, 15) is 0 Å². The molecule has 0 radical (unpaired) electrons. The van der Waals surface area contributed by atoms with Gasteiger partial charge in [-0.15, -0.1) is 0 Å². The predicted octanol–water partition coefficient (Wildman–Crippen LogP) is 3.27. The summed E-state index contributed by atoms with van der Waals surface area (Å²) < 4.78 is 10.5. The summed E-state index contributed by atoms with van der Waals surface area (Å²) in [7, 11) is 3.32. The molecule has 0 saturated heterocycles. The molecule has 2 aromatic rings. The van der Waals surface area contributed by atoms with Crippen molar-refractivity contribution in [2.24, 2.45) is 0 Å². The Labute approximate surface area is 126 Å². The molecule has 0 fully saturated rings. The van der Waals surface area contributed by atoms with Crippen LogP contribution in [0.25, 0.3) is 11.1 Å². The van der Waals surface area contributed by atoms with Crippen molar-refractivity contribution in [3.05, 3.63) is 42.1 Å². The van der Waals surface area contributed by atoms with Gasteiger partial charge in [-0.3, -0.25) is 0 Å². The number of hydrogen-bond donors (Lipinski definition) is 1. The van der Waals surface area contributed by atoms with Crippen molar-refractivity contribution in [1.82, 2.24) is 10.3 Å². The van der Waals surface area contributed by atoms with Crippen molar-refractivity contribution in [1.29, 1.82) is 0 Å². The number of benzene rings is 1. The van der Waals surface area contributed by atoms with Gasteiger partial charge in [0.15, 0.2) is 0 Å². The summed E-state index contributed by atoms with van der Waals surface area (Å²) >= 11 is 0. The largest absolute Gasteiger partial charge is 0.496 e. The fourth-order valence-electron chi connectivity index (χ4n) is 2.17. The lowest BCUT2D eigenvalue weighted by molar-refractivity contribution is 0.398. The SMILES string of the molecule is CCCNCc1cc(-c2ccc(OC)nc2)ccc1OC. The monoisotopic (exact) mass is 286 g/mol. The fraction of sp³-hybridized carbons (Fsp3) is 0.353. The smallest absolute Gasteiger partial charge is 0.212 e. The van der Waals surface area contributed by atoms with Crippen LogP contribution < -0.4 is 14.8 Å². The number of methoxy groups -OCH3 is 2. The molecular weight excluding hydrogens is 264 g/mol. The molecule has 4 heteroatoms. The van der Waals surface area contributed by atoms with Crippen molar-refractivity contribution < 1.29 is 9.47 Å². The highest BCUT2D eigenvalue weighted by Crippen LogP contribution is 2.27. The maximum absolute atomic E-state index is 5.43. The molecule has 0 saturated carbocycles. The summed E-state index contributed by atoms with van der Waals surface area (Å²) in [5.74, 6) is 1.53. The van der Waals surface area contributed by atoms with E-state index < -0.39 is 0 Å². The summed E-state index contributed by atoms with van der Waals surface area (Å²) in [6, 6.07) is 10.1. The Morgan fingerprint density at radius 2 is 1.86 bits per heavy atom. The lowest BCUT2D eigenvalue weighted by Gasteiger charge is -2.12. The zero-order chi connectivity index (χ0) is 15.1. The molecule has 4 nitrogen and oxygen atoms in total. The van der Waals surface area contributed by atoms with Crippen molar-refractivity contribution in [3.63, 3.8) is 0 Å². The van der Waals surface area contributed by atoms with Crippen LogP contribution in [0.1, 0.15) is 18.9 Å². The van der Waals surface area contributed by atoms with Crippen LogP contribution in [-0.2, 0) is 6.54 Å². The predicted molar refractivity (Wildman–Crippen MR) is 84.8 cm³/mol. The first-order chi connectivity index (χ1) is 10.3. The zero-order valence-corrected chi connectivity index (χ0v) is 12.8. The Bertz CT molecular complexity index is 568. The molecule has 2 rings (SSSR count). The number of nitrogens with one attached hydrogen (secondary N) is 1. The quantitative estimate of drug-likeness (QED) is 0.793. The van der Waals surface area contributed by atoms with E-state index in [2.05, 4.69) is 23.3 Å². The van der Waals surface area contributed by atoms with Crippen LogP contribution >= 0.6 is 0 Å². The summed E-state index contributed by atoms with van der Waals surface area (Å²) in [5, 5.41) is 3.41. The molecule has 0 atom stereocenters. The number of hydrogen-bond acceptors (Lipinski definition) is 4. The normalized spacial score (nSPS) is 10.4. The minimum Gasteiger partial charge on any atom is -0.496 e. The molecule has 1 N–H and O–H groups in total. The average molecular weight is 286 g/mol. The average Bonchev–Trinajstić information content (AvgIpc) is 2.55. The molecule has 1 aromatic heterocycles. The lowest BCUT2D eigenvalue weighted by Crippen LogP contribution is -2.14. The van der Waals surface area contributed by atoms with E-state index in [0.29, 0.717) is 5.88 Å². The van der Waals surface area contributed by atoms with Gasteiger partial charge >= 0.3 is 0 Å². The molecule has 112 valence electrons. The van der Waals surface area contributed by atoms with E-state index in [0.717, 1.165) is 42.0 Å². The van der Waals surface area contributed by atoms with Gasteiger partial charge in [-0.05, 0) is 36.7 Å². The van der Waals surface area contributed by atoms with Gasteiger partial charge < -0.3 is 14.8 Å². The third-order valence-corrected chi connectivity index (χ3v) is 3.30. The third kappa shape index (κ3) is 3.95. The van der Waals surface area contributed by atoms with E-state index in [1.807, 2.05) is 30.5 Å². The molecule has 0 aliphatic rings.